The summed E-state index contributed by atoms with van der Waals surface area (Å²) in [7, 11) is 1.80. The molecule has 1 rings (SSSR count). The molecule has 6 heteroatoms. The Balaban J connectivity index is 2.68. The van der Waals surface area contributed by atoms with Gasteiger partial charge in [-0.3, -0.25) is 4.90 Å². The molecule has 120 valence electrons. The van der Waals surface area contributed by atoms with E-state index in [1.54, 1.807) is 27.0 Å². The van der Waals surface area contributed by atoms with E-state index in [9.17, 15) is 13.2 Å². The minimum Gasteiger partial charge on any atom is -0.313 e. The molecule has 0 radical (unpaired) electrons. The predicted octanol–water partition coefficient (Wildman–Crippen LogP) is 4.26. The summed E-state index contributed by atoms with van der Waals surface area (Å²) in [6.07, 6.45) is -3.58. The summed E-state index contributed by atoms with van der Waals surface area (Å²) in [5.41, 5.74) is 0.987. The van der Waals surface area contributed by atoms with Crippen LogP contribution in [0.25, 0.3) is 0 Å². The fourth-order valence-corrected chi connectivity index (χ4v) is 2.44. The highest BCUT2D eigenvalue weighted by Gasteiger charge is 2.31. The molecule has 0 saturated heterocycles. The van der Waals surface area contributed by atoms with Crippen molar-refractivity contribution in [1.29, 1.82) is 0 Å². The van der Waals surface area contributed by atoms with Crippen LogP contribution in [0.5, 0.6) is 0 Å². The van der Waals surface area contributed by atoms with Gasteiger partial charge in [-0.25, -0.2) is 0 Å². The highest BCUT2D eigenvalue weighted by atomic mass is 35.5. The summed E-state index contributed by atoms with van der Waals surface area (Å²) < 4.78 is 37.7. The Morgan fingerprint density at radius 2 is 1.95 bits per heavy atom. The first-order valence-electron chi connectivity index (χ1n) is 6.96. The van der Waals surface area contributed by atoms with Crippen molar-refractivity contribution in [2.24, 2.45) is 0 Å². The first-order chi connectivity index (χ1) is 9.73. The van der Waals surface area contributed by atoms with Gasteiger partial charge in [-0.1, -0.05) is 23.7 Å². The smallest absolute Gasteiger partial charge is 0.313 e. The van der Waals surface area contributed by atoms with Crippen LogP contribution in [0.15, 0.2) is 24.3 Å². The van der Waals surface area contributed by atoms with Gasteiger partial charge in [0.25, 0.3) is 0 Å². The molecule has 1 N–H and O–H groups in total. The van der Waals surface area contributed by atoms with E-state index in [0.717, 1.165) is 5.56 Å². The Morgan fingerprint density at radius 3 is 2.43 bits per heavy atom. The molecule has 2 nitrogen and oxygen atoms in total. The average Bonchev–Trinajstić information content (AvgIpc) is 2.36. The van der Waals surface area contributed by atoms with Crippen molar-refractivity contribution in [2.75, 3.05) is 20.1 Å². The molecule has 1 unspecified atom stereocenters. The van der Waals surface area contributed by atoms with E-state index in [2.05, 4.69) is 5.32 Å². The lowest BCUT2D eigenvalue weighted by Crippen LogP contribution is -2.40. The third kappa shape index (κ3) is 6.68. The van der Waals surface area contributed by atoms with Gasteiger partial charge in [0.15, 0.2) is 0 Å². The molecule has 0 spiro atoms. The van der Waals surface area contributed by atoms with Crippen LogP contribution in [0.2, 0.25) is 5.02 Å². The number of nitrogens with zero attached hydrogens (tertiary/aromatic N) is 1. The van der Waals surface area contributed by atoms with Crippen molar-refractivity contribution in [3.63, 3.8) is 0 Å². The summed E-state index contributed by atoms with van der Waals surface area (Å²) in [6, 6.07) is 7.23. The van der Waals surface area contributed by atoms with Crippen LogP contribution in [-0.2, 0) is 0 Å². The Kier molecular flexibility index (Phi) is 6.97. The van der Waals surface area contributed by atoms with Gasteiger partial charge >= 0.3 is 6.18 Å². The van der Waals surface area contributed by atoms with Gasteiger partial charge in [0.05, 0.1) is 6.54 Å². The normalized spacial score (nSPS) is 14.0. The molecular formula is C15H22ClF3N2. The summed E-state index contributed by atoms with van der Waals surface area (Å²) in [4.78, 5) is 1.44. The van der Waals surface area contributed by atoms with Gasteiger partial charge in [0, 0.05) is 23.7 Å². The number of alkyl halides is 3. The number of hydrogen-bond donors (Lipinski definition) is 1. The fourth-order valence-electron chi connectivity index (χ4n) is 2.25. The molecule has 0 aliphatic rings. The summed E-state index contributed by atoms with van der Waals surface area (Å²) in [5.74, 6) is 0. The zero-order valence-electron chi connectivity index (χ0n) is 12.5. The molecular weight excluding hydrogens is 301 g/mol. The molecule has 0 saturated carbocycles. The maximum absolute atomic E-state index is 12.6. The highest BCUT2D eigenvalue weighted by molar-refractivity contribution is 6.30. The van der Waals surface area contributed by atoms with Crippen molar-refractivity contribution in [2.45, 2.75) is 38.5 Å². The number of benzene rings is 1. The monoisotopic (exact) mass is 322 g/mol. The zero-order chi connectivity index (χ0) is 16.0. The van der Waals surface area contributed by atoms with Gasteiger partial charge in [-0.05, 0) is 45.0 Å². The second-order valence-electron chi connectivity index (χ2n) is 5.36. The maximum Gasteiger partial charge on any atom is 0.401 e. The Labute approximate surface area is 129 Å². The van der Waals surface area contributed by atoms with E-state index in [-0.39, 0.29) is 12.1 Å². The van der Waals surface area contributed by atoms with E-state index in [1.165, 1.54) is 4.90 Å². The summed E-state index contributed by atoms with van der Waals surface area (Å²) in [5, 5.41) is 3.76. The number of rotatable bonds is 7. The van der Waals surface area contributed by atoms with Gasteiger partial charge in [0.1, 0.15) is 0 Å². The number of halogens is 4. The lowest BCUT2D eigenvalue weighted by atomic mass is 10.0. The van der Waals surface area contributed by atoms with Crippen molar-refractivity contribution in [3.8, 4) is 0 Å². The van der Waals surface area contributed by atoms with Crippen LogP contribution in [0.3, 0.4) is 0 Å². The van der Waals surface area contributed by atoms with Crippen molar-refractivity contribution in [1.82, 2.24) is 10.2 Å². The Hall–Kier alpha value is -0.780. The van der Waals surface area contributed by atoms with E-state index in [4.69, 9.17) is 11.6 Å². The second kappa shape index (κ2) is 8.01. The maximum atomic E-state index is 12.6. The minimum atomic E-state index is -4.17. The summed E-state index contributed by atoms with van der Waals surface area (Å²) >= 11 is 5.96. The molecule has 1 atom stereocenters. The topological polar surface area (TPSA) is 15.3 Å². The fraction of sp³-hybridized carbons (Fsp3) is 0.600. The molecule has 21 heavy (non-hydrogen) atoms. The van der Waals surface area contributed by atoms with Crippen LogP contribution < -0.4 is 5.32 Å². The van der Waals surface area contributed by atoms with Gasteiger partial charge in [-0.15, -0.1) is 0 Å². The zero-order valence-corrected chi connectivity index (χ0v) is 13.3. The van der Waals surface area contributed by atoms with Crippen molar-refractivity contribution < 1.29 is 13.2 Å². The molecule has 0 fully saturated rings. The molecule has 0 aliphatic heterocycles. The predicted molar refractivity (Wildman–Crippen MR) is 80.6 cm³/mol. The average molecular weight is 323 g/mol. The third-order valence-electron chi connectivity index (χ3n) is 3.42. The van der Waals surface area contributed by atoms with Crippen LogP contribution in [0, 0.1) is 0 Å². The van der Waals surface area contributed by atoms with Crippen molar-refractivity contribution in [3.05, 3.63) is 34.9 Å². The quantitative estimate of drug-likeness (QED) is 0.806. The van der Waals surface area contributed by atoms with Gasteiger partial charge < -0.3 is 5.32 Å². The van der Waals surface area contributed by atoms with E-state index >= 15 is 0 Å². The molecule has 0 heterocycles. The van der Waals surface area contributed by atoms with Crippen LogP contribution >= 0.6 is 11.6 Å². The first-order valence-corrected chi connectivity index (χ1v) is 7.34. The molecule has 0 aliphatic carbocycles. The molecule has 1 aromatic rings. The molecule has 1 aromatic carbocycles. The SMILES string of the molecule is CNC(CCN(CC(F)(F)F)C(C)C)c1cccc(Cl)c1. The van der Waals surface area contributed by atoms with Crippen LogP contribution in [-0.4, -0.2) is 37.3 Å². The minimum absolute atomic E-state index is 0.0156. The van der Waals surface area contributed by atoms with Crippen LogP contribution in [0.4, 0.5) is 13.2 Å². The van der Waals surface area contributed by atoms with E-state index in [0.29, 0.717) is 18.0 Å². The molecule has 0 aromatic heterocycles. The van der Waals surface area contributed by atoms with Crippen molar-refractivity contribution >= 4 is 11.6 Å². The third-order valence-corrected chi connectivity index (χ3v) is 3.65. The number of hydrogen-bond acceptors (Lipinski definition) is 2. The number of nitrogens with one attached hydrogen (secondary N) is 1. The lowest BCUT2D eigenvalue weighted by Gasteiger charge is -2.29. The van der Waals surface area contributed by atoms with Gasteiger partial charge in [-0.2, -0.15) is 13.2 Å². The van der Waals surface area contributed by atoms with Crippen LogP contribution in [0.1, 0.15) is 31.9 Å². The van der Waals surface area contributed by atoms with E-state index < -0.39 is 12.7 Å². The Morgan fingerprint density at radius 1 is 1.29 bits per heavy atom. The molecule has 0 bridgehead atoms. The summed E-state index contributed by atoms with van der Waals surface area (Å²) in [6.45, 7) is 3.05. The standard InChI is InChI=1S/C15H22ClF3N2/c1-11(2)21(10-15(17,18)19)8-7-14(20-3)12-5-4-6-13(16)9-12/h4-6,9,11,14,20H,7-8,10H2,1-3H3. The Bertz CT molecular complexity index is 435. The lowest BCUT2D eigenvalue weighted by molar-refractivity contribution is -0.149. The van der Waals surface area contributed by atoms with Gasteiger partial charge in [0.2, 0.25) is 0 Å². The highest BCUT2D eigenvalue weighted by Crippen LogP contribution is 2.23. The van der Waals surface area contributed by atoms with E-state index in [1.807, 2.05) is 18.2 Å². The second-order valence-corrected chi connectivity index (χ2v) is 5.80. The first kappa shape index (κ1) is 18.3. The largest absolute Gasteiger partial charge is 0.401 e. The molecule has 0 amide bonds.